The van der Waals surface area contributed by atoms with Crippen LogP contribution in [0.3, 0.4) is 0 Å². The number of carbonyl (C=O) groups is 2. The lowest BCUT2D eigenvalue weighted by atomic mass is 10.1. The minimum Gasteiger partial charge on any atom is -0.454 e. The molecule has 1 aliphatic rings. The Kier molecular flexibility index (Phi) is 5.31. The Morgan fingerprint density at radius 1 is 1.35 bits per heavy atom. The Labute approximate surface area is 130 Å². The number of carbonyl (C=O) groups excluding carboxylic acids is 2. The van der Waals surface area contributed by atoms with Crippen molar-refractivity contribution < 1.29 is 33.5 Å². The standard InChI is InChI=1S/C13H14N2O8/c1-20-3-2-14-12(16)6-21-13(17)8-4-10-11(23-7-22-10)5-9(8)15(18)19/h4-5H,2-3,6-7H2,1H3,(H,14,16). The molecule has 0 fully saturated rings. The molecule has 10 nitrogen and oxygen atoms in total. The fourth-order valence-electron chi connectivity index (χ4n) is 1.80. The number of amides is 1. The fraction of sp³-hybridized carbons (Fsp3) is 0.385. The van der Waals surface area contributed by atoms with Crippen molar-refractivity contribution in [2.75, 3.05) is 33.7 Å². The maximum Gasteiger partial charge on any atom is 0.345 e. The lowest BCUT2D eigenvalue weighted by Gasteiger charge is -2.07. The number of fused-ring (bicyclic) bond motifs is 1. The zero-order valence-corrected chi connectivity index (χ0v) is 12.2. The Balaban J connectivity index is 2.04. The molecule has 1 aliphatic heterocycles. The highest BCUT2D eigenvalue weighted by molar-refractivity contribution is 5.96. The van der Waals surface area contributed by atoms with Crippen LogP contribution in [0.5, 0.6) is 11.5 Å². The summed E-state index contributed by atoms with van der Waals surface area (Å²) in [5.41, 5.74) is -0.803. The van der Waals surface area contributed by atoms with Crippen molar-refractivity contribution in [2.45, 2.75) is 0 Å². The SMILES string of the molecule is COCCNC(=O)COC(=O)c1cc2c(cc1[N+](=O)[O-])OCO2. The van der Waals surface area contributed by atoms with Gasteiger partial charge in [-0.25, -0.2) is 4.79 Å². The largest absolute Gasteiger partial charge is 0.454 e. The van der Waals surface area contributed by atoms with Crippen LogP contribution < -0.4 is 14.8 Å². The second kappa shape index (κ2) is 7.40. The summed E-state index contributed by atoms with van der Waals surface area (Å²) < 4.78 is 19.6. The van der Waals surface area contributed by atoms with Crippen LogP contribution in [0.1, 0.15) is 10.4 Å². The minimum absolute atomic E-state index is 0.0904. The molecule has 23 heavy (non-hydrogen) atoms. The first-order chi connectivity index (χ1) is 11.0. The zero-order valence-electron chi connectivity index (χ0n) is 12.2. The van der Waals surface area contributed by atoms with E-state index < -0.39 is 29.1 Å². The van der Waals surface area contributed by atoms with Gasteiger partial charge < -0.3 is 24.3 Å². The molecular weight excluding hydrogens is 312 g/mol. The van der Waals surface area contributed by atoms with Gasteiger partial charge in [0.05, 0.1) is 17.6 Å². The summed E-state index contributed by atoms with van der Waals surface area (Å²) in [7, 11) is 1.48. The highest BCUT2D eigenvalue weighted by atomic mass is 16.7. The van der Waals surface area contributed by atoms with E-state index in [1.807, 2.05) is 0 Å². The second-order valence-electron chi connectivity index (χ2n) is 4.40. The van der Waals surface area contributed by atoms with E-state index in [-0.39, 0.29) is 30.4 Å². The van der Waals surface area contributed by atoms with Crippen molar-refractivity contribution >= 4 is 17.6 Å². The molecule has 1 heterocycles. The van der Waals surface area contributed by atoms with Crippen molar-refractivity contribution in [1.29, 1.82) is 0 Å². The molecule has 0 aromatic heterocycles. The number of rotatable bonds is 7. The summed E-state index contributed by atoms with van der Waals surface area (Å²) in [5, 5.41) is 13.5. The minimum atomic E-state index is -1.00. The highest BCUT2D eigenvalue weighted by Crippen LogP contribution is 2.38. The molecule has 1 aromatic carbocycles. The quantitative estimate of drug-likeness (QED) is 0.327. The normalized spacial score (nSPS) is 11.9. The Morgan fingerprint density at radius 2 is 2.04 bits per heavy atom. The van der Waals surface area contributed by atoms with Crippen molar-refractivity contribution in [3.63, 3.8) is 0 Å². The number of ether oxygens (including phenoxy) is 4. The summed E-state index contributed by atoms with van der Waals surface area (Å²) in [4.78, 5) is 33.7. The van der Waals surface area contributed by atoms with Gasteiger partial charge in [0, 0.05) is 19.7 Å². The van der Waals surface area contributed by atoms with E-state index in [0.717, 1.165) is 12.1 Å². The average molecular weight is 326 g/mol. The van der Waals surface area contributed by atoms with E-state index in [1.165, 1.54) is 7.11 Å². The number of esters is 1. The third kappa shape index (κ3) is 4.07. The molecule has 1 amide bonds. The van der Waals surface area contributed by atoms with Crippen LogP contribution in [0.2, 0.25) is 0 Å². The molecule has 0 unspecified atom stereocenters. The van der Waals surface area contributed by atoms with Crippen molar-refractivity contribution in [3.8, 4) is 11.5 Å². The molecule has 10 heteroatoms. The summed E-state index contributed by atoms with van der Waals surface area (Å²) >= 11 is 0. The van der Waals surface area contributed by atoms with E-state index in [4.69, 9.17) is 18.9 Å². The lowest BCUT2D eigenvalue weighted by Crippen LogP contribution is -2.31. The van der Waals surface area contributed by atoms with Gasteiger partial charge in [0.15, 0.2) is 18.1 Å². The first kappa shape index (κ1) is 16.5. The van der Waals surface area contributed by atoms with Gasteiger partial charge in [0.2, 0.25) is 6.79 Å². The molecule has 1 aromatic rings. The summed E-state index contributed by atoms with van der Waals surface area (Å²) in [6.07, 6.45) is 0. The Morgan fingerprint density at radius 3 is 2.70 bits per heavy atom. The molecule has 2 rings (SSSR count). The number of nitrogens with one attached hydrogen (secondary N) is 1. The predicted molar refractivity (Wildman–Crippen MR) is 74.4 cm³/mol. The van der Waals surface area contributed by atoms with Gasteiger partial charge in [-0.1, -0.05) is 0 Å². The first-order valence-corrected chi connectivity index (χ1v) is 6.53. The van der Waals surface area contributed by atoms with Gasteiger partial charge >= 0.3 is 5.97 Å². The van der Waals surface area contributed by atoms with Gasteiger partial charge in [-0.3, -0.25) is 14.9 Å². The Hall–Kier alpha value is -2.88. The van der Waals surface area contributed by atoms with Crippen molar-refractivity contribution in [2.24, 2.45) is 0 Å². The predicted octanol–water partition coefficient (Wildman–Crippen LogP) is 0.243. The third-order valence-corrected chi connectivity index (χ3v) is 2.87. The molecule has 0 radical (unpaired) electrons. The van der Waals surface area contributed by atoms with Gasteiger partial charge in [-0.05, 0) is 0 Å². The van der Waals surface area contributed by atoms with Crippen molar-refractivity contribution in [3.05, 3.63) is 27.8 Å². The summed E-state index contributed by atoms with van der Waals surface area (Å²) in [6, 6.07) is 2.24. The molecule has 0 bridgehead atoms. The summed E-state index contributed by atoms with van der Waals surface area (Å²) in [6.45, 7) is -0.0780. The number of benzene rings is 1. The second-order valence-corrected chi connectivity index (χ2v) is 4.40. The smallest absolute Gasteiger partial charge is 0.345 e. The number of methoxy groups -OCH3 is 1. The third-order valence-electron chi connectivity index (χ3n) is 2.87. The molecule has 0 saturated carbocycles. The molecule has 124 valence electrons. The fourth-order valence-corrected chi connectivity index (χ4v) is 1.80. The number of nitrogens with zero attached hydrogens (tertiary/aromatic N) is 1. The molecule has 0 spiro atoms. The van der Waals surface area contributed by atoms with Crippen LogP contribution in [0.15, 0.2) is 12.1 Å². The van der Waals surface area contributed by atoms with Crippen LogP contribution in [0, 0.1) is 10.1 Å². The summed E-state index contributed by atoms with van der Waals surface area (Å²) in [5.74, 6) is -1.17. The molecule has 0 saturated heterocycles. The van der Waals surface area contributed by atoms with Gasteiger partial charge in [0.25, 0.3) is 11.6 Å². The van der Waals surface area contributed by atoms with Gasteiger partial charge in [-0.2, -0.15) is 0 Å². The maximum atomic E-state index is 12.0. The monoisotopic (exact) mass is 326 g/mol. The lowest BCUT2D eigenvalue weighted by molar-refractivity contribution is -0.385. The molecular formula is C13H14N2O8. The molecule has 1 N–H and O–H groups in total. The number of hydrogen-bond acceptors (Lipinski definition) is 8. The molecule has 0 atom stereocenters. The van der Waals surface area contributed by atoms with Crippen LogP contribution >= 0.6 is 0 Å². The van der Waals surface area contributed by atoms with Gasteiger partial charge in [-0.15, -0.1) is 0 Å². The van der Waals surface area contributed by atoms with Crippen LogP contribution in [-0.2, 0) is 14.3 Å². The van der Waals surface area contributed by atoms with E-state index in [1.54, 1.807) is 0 Å². The van der Waals surface area contributed by atoms with E-state index in [2.05, 4.69) is 5.32 Å². The van der Waals surface area contributed by atoms with Crippen LogP contribution in [0.4, 0.5) is 5.69 Å². The van der Waals surface area contributed by atoms with Crippen LogP contribution in [-0.4, -0.2) is 50.5 Å². The number of nitro benzene ring substituents is 1. The zero-order chi connectivity index (χ0) is 16.8. The van der Waals surface area contributed by atoms with Crippen molar-refractivity contribution in [1.82, 2.24) is 5.32 Å². The first-order valence-electron chi connectivity index (χ1n) is 6.53. The Bertz CT molecular complexity index is 631. The van der Waals surface area contributed by atoms with Gasteiger partial charge in [0.1, 0.15) is 5.56 Å². The van der Waals surface area contributed by atoms with E-state index in [9.17, 15) is 19.7 Å². The topological polar surface area (TPSA) is 126 Å². The van der Waals surface area contributed by atoms with E-state index in [0.29, 0.717) is 6.61 Å². The average Bonchev–Trinajstić information content (AvgIpc) is 2.99. The van der Waals surface area contributed by atoms with Crippen LogP contribution in [0.25, 0.3) is 0 Å². The number of hydrogen-bond donors (Lipinski definition) is 1. The highest BCUT2D eigenvalue weighted by Gasteiger charge is 2.28. The number of nitro groups is 1. The maximum absolute atomic E-state index is 12.0. The van der Waals surface area contributed by atoms with E-state index >= 15 is 0 Å². The molecule has 0 aliphatic carbocycles.